The molecule has 0 atom stereocenters. The molecule has 10 heteroatoms. The van der Waals surface area contributed by atoms with Gasteiger partial charge in [0, 0.05) is 55.8 Å². The molecule has 0 saturated carbocycles. The smallest absolute Gasteiger partial charge is 0.241 e. The fourth-order valence-electron chi connectivity index (χ4n) is 5.02. The monoisotopic (exact) mass is 620 g/mol. The van der Waals surface area contributed by atoms with E-state index in [0.29, 0.717) is 34.0 Å². The number of nitrogens with zero attached hydrogens (tertiary/aromatic N) is 3. The van der Waals surface area contributed by atoms with Crippen LogP contribution in [0.1, 0.15) is 15.9 Å². The standard InChI is InChI=1S/C36H33FN4O5/c1-40(2)34(43)21-41-19-29(24-9-12-27(37)13-10-24)35(44)30(20-41)31(42)15-22-5-7-23(8-6-22)28-16-26(18-39-36(28)38)25-11-14-32(45-3)33(17-25)46-4/h5-14,16-20H,15,21H2,1-4H3,(H2,38,39). The number of ether oxygens (including phenoxy) is 2. The van der Waals surface area contributed by atoms with Crippen LogP contribution in [0.5, 0.6) is 11.5 Å². The van der Waals surface area contributed by atoms with E-state index in [1.54, 1.807) is 46.6 Å². The Kier molecular flexibility index (Phi) is 9.27. The van der Waals surface area contributed by atoms with Crippen LogP contribution < -0.4 is 20.6 Å². The Morgan fingerprint density at radius 2 is 1.46 bits per heavy atom. The fraction of sp³-hybridized carbons (Fsp3) is 0.167. The number of carbonyl (C=O) groups excluding carboxylic acids is 2. The van der Waals surface area contributed by atoms with Gasteiger partial charge in [0.15, 0.2) is 22.7 Å². The van der Waals surface area contributed by atoms with Gasteiger partial charge < -0.3 is 24.7 Å². The SMILES string of the molecule is COc1ccc(-c2cnc(N)c(-c3ccc(CC(=O)c4cn(CC(=O)N(C)C)cc(-c5ccc(F)cc5)c4=O)cc3)c2)cc1OC. The summed E-state index contributed by atoms with van der Waals surface area (Å²) in [6.07, 6.45) is 4.55. The third-order valence-corrected chi connectivity index (χ3v) is 7.62. The number of hydrogen-bond acceptors (Lipinski definition) is 7. The molecule has 2 N–H and O–H groups in total. The number of nitrogen functional groups attached to an aromatic ring is 1. The lowest BCUT2D eigenvalue weighted by molar-refractivity contribution is -0.129. The summed E-state index contributed by atoms with van der Waals surface area (Å²) in [7, 11) is 6.40. The van der Waals surface area contributed by atoms with E-state index >= 15 is 0 Å². The lowest BCUT2D eigenvalue weighted by Crippen LogP contribution is -2.28. The maximum Gasteiger partial charge on any atom is 0.241 e. The van der Waals surface area contributed by atoms with Crippen LogP contribution in [0, 0.1) is 5.82 Å². The minimum absolute atomic E-state index is 0.0521. The van der Waals surface area contributed by atoms with E-state index in [2.05, 4.69) is 4.98 Å². The molecule has 3 aromatic carbocycles. The Morgan fingerprint density at radius 1 is 0.826 bits per heavy atom. The highest BCUT2D eigenvalue weighted by molar-refractivity contribution is 5.98. The quantitative estimate of drug-likeness (QED) is 0.205. The molecule has 0 bridgehead atoms. The maximum atomic E-state index is 13.6. The van der Waals surface area contributed by atoms with Gasteiger partial charge in [-0.25, -0.2) is 9.37 Å². The first-order chi connectivity index (χ1) is 22.1. The number of hydrogen-bond donors (Lipinski definition) is 1. The van der Waals surface area contributed by atoms with E-state index in [1.807, 2.05) is 36.4 Å². The maximum absolute atomic E-state index is 13.6. The second-order valence-corrected chi connectivity index (χ2v) is 10.9. The minimum Gasteiger partial charge on any atom is -0.493 e. The van der Waals surface area contributed by atoms with Crippen LogP contribution in [0.25, 0.3) is 33.4 Å². The third kappa shape index (κ3) is 6.81. The molecule has 0 aliphatic heterocycles. The van der Waals surface area contributed by atoms with Crippen LogP contribution in [-0.2, 0) is 17.8 Å². The molecule has 9 nitrogen and oxygen atoms in total. The van der Waals surface area contributed by atoms with E-state index in [0.717, 1.165) is 16.7 Å². The van der Waals surface area contributed by atoms with Crippen molar-refractivity contribution in [1.29, 1.82) is 0 Å². The second kappa shape index (κ2) is 13.5. The first kappa shape index (κ1) is 31.6. The molecule has 0 fully saturated rings. The number of ketones is 1. The summed E-state index contributed by atoms with van der Waals surface area (Å²) in [4.78, 5) is 45.3. The van der Waals surface area contributed by atoms with Gasteiger partial charge in [-0.15, -0.1) is 0 Å². The Morgan fingerprint density at radius 3 is 2.11 bits per heavy atom. The van der Waals surface area contributed by atoms with E-state index in [4.69, 9.17) is 15.2 Å². The van der Waals surface area contributed by atoms with Crippen LogP contribution in [0.15, 0.2) is 96.2 Å². The van der Waals surface area contributed by atoms with Crippen LogP contribution in [0.2, 0.25) is 0 Å². The van der Waals surface area contributed by atoms with Crippen molar-refractivity contribution < 1.29 is 23.5 Å². The first-order valence-corrected chi connectivity index (χ1v) is 14.4. The van der Waals surface area contributed by atoms with Gasteiger partial charge in [0.25, 0.3) is 0 Å². The highest BCUT2D eigenvalue weighted by Crippen LogP contribution is 2.35. The van der Waals surface area contributed by atoms with Crippen molar-refractivity contribution in [2.75, 3.05) is 34.0 Å². The highest BCUT2D eigenvalue weighted by Gasteiger charge is 2.19. The predicted octanol–water partition coefficient (Wildman–Crippen LogP) is 5.50. The molecule has 1 amide bonds. The van der Waals surface area contributed by atoms with Gasteiger partial charge in [-0.05, 0) is 52.6 Å². The normalized spacial score (nSPS) is 10.8. The van der Waals surface area contributed by atoms with Crippen molar-refractivity contribution in [3.8, 4) is 44.9 Å². The lowest BCUT2D eigenvalue weighted by Gasteiger charge is -2.15. The summed E-state index contributed by atoms with van der Waals surface area (Å²) in [6, 6.07) is 20.2. The van der Waals surface area contributed by atoms with Crippen molar-refractivity contribution in [3.05, 3.63) is 119 Å². The van der Waals surface area contributed by atoms with Crippen LogP contribution in [0.3, 0.4) is 0 Å². The predicted molar refractivity (Wildman–Crippen MR) is 175 cm³/mol. The zero-order valence-corrected chi connectivity index (χ0v) is 25.9. The number of nitrogens with two attached hydrogens (primary N) is 1. The number of amides is 1. The molecule has 0 spiro atoms. The van der Waals surface area contributed by atoms with Crippen molar-refractivity contribution in [1.82, 2.24) is 14.5 Å². The summed E-state index contributed by atoms with van der Waals surface area (Å²) in [5.74, 6) is 0.470. The van der Waals surface area contributed by atoms with Gasteiger partial charge in [0.1, 0.15) is 18.2 Å². The number of aromatic nitrogens is 2. The molecule has 0 saturated heterocycles. The Balaban J connectivity index is 1.43. The van der Waals surface area contributed by atoms with Crippen LogP contribution >= 0.6 is 0 Å². The topological polar surface area (TPSA) is 117 Å². The summed E-state index contributed by atoms with van der Waals surface area (Å²) in [5.41, 5.74) is 10.2. The summed E-state index contributed by atoms with van der Waals surface area (Å²) >= 11 is 0. The van der Waals surface area contributed by atoms with E-state index in [9.17, 15) is 18.8 Å². The first-order valence-electron chi connectivity index (χ1n) is 14.4. The Hall–Kier alpha value is -5.77. The molecule has 5 aromatic rings. The van der Waals surface area contributed by atoms with E-state index < -0.39 is 17.0 Å². The Bertz CT molecular complexity index is 1970. The molecule has 0 radical (unpaired) electrons. The zero-order valence-electron chi connectivity index (χ0n) is 25.9. The van der Waals surface area contributed by atoms with Gasteiger partial charge in [-0.1, -0.05) is 42.5 Å². The second-order valence-electron chi connectivity index (χ2n) is 10.9. The van der Waals surface area contributed by atoms with Crippen LogP contribution in [0.4, 0.5) is 10.2 Å². The third-order valence-electron chi connectivity index (χ3n) is 7.62. The van der Waals surface area contributed by atoms with E-state index in [1.165, 1.54) is 46.1 Å². The molecule has 0 unspecified atom stereocenters. The molecular formula is C36H33FN4O5. The summed E-state index contributed by atoms with van der Waals surface area (Å²) in [5, 5.41) is 0. The van der Waals surface area contributed by atoms with Crippen molar-refractivity contribution >= 4 is 17.5 Å². The molecule has 234 valence electrons. The number of benzene rings is 3. The van der Waals surface area contributed by atoms with Gasteiger partial charge in [-0.3, -0.25) is 14.4 Å². The number of halogens is 1. The summed E-state index contributed by atoms with van der Waals surface area (Å²) < 4.78 is 25.9. The molecule has 0 aliphatic rings. The number of pyridine rings is 2. The van der Waals surface area contributed by atoms with Gasteiger partial charge in [-0.2, -0.15) is 0 Å². The number of Topliss-reactive ketones (excluding diaryl/α,β-unsaturated/α-hetero) is 1. The van der Waals surface area contributed by atoms with Crippen molar-refractivity contribution in [2.45, 2.75) is 13.0 Å². The number of rotatable bonds is 10. The number of methoxy groups -OCH3 is 2. The average Bonchev–Trinajstić information content (AvgIpc) is 3.06. The molecule has 2 aromatic heterocycles. The molecule has 46 heavy (non-hydrogen) atoms. The number of likely N-dealkylation sites (N-methyl/N-ethyl adjacent to an activating group) is 1. The highest BCUT2D eigenvalue weighted by atomic mass is 19.1. The largest absolute Gasteiger partial charge is 0.493 e. The van der Waals surface area contributed by atoms with E-state index in [-0.39, 0.29) is 30.0 Å². The van der Waals surface area contributed by atoms with Gasteiger partial charge in [0.05, 0.1) is 19.8 Å². The molecule has 2 heterocycles. The molecule has 0 aliphatic carbocycles. The Labute approximate surface area is 265 Å². The summed E-state index contributed by atoms with van der Waals surface area (Å²) in [6.45, 7) is -0.0751. The van der Waals surface area contributed by atoms with Crippen molar-refractivity contribution in [3.63, 3.8) is 0 Å². The average molecular weight is 621 g/mol. The fourth-order valence-corrected chi connectivity index (χ4v) is 5.02. The zero-order chi connectivity index (χ0) is 33.0. The number of anilines is 1. The van der Waals surface area contributed by atoms with Gasteiger partial charge in [0.2, 0.25) is 5.91 Å². The minimum atomic E-state index is -0.493. The van der Waals surface area contributed by atoms with Crippen molar-refractivity contribution in [2.24, 2.45) is 0 Å². The molecule has 5 rings (SSSR count). The molecular weight excluding hydrogens is 587 g/mol. The van der Waals surface area contributed by atoms with Gasteiger partial charge >= 0.3 is 0 Å². The number of carbonyl (C=O) groups is 2. The van der Waals surface area contributed by atoms with Crippen LogP contribution in [-0.4, -0.2) is 54.5 Å². The lowest BCUT2D eigenvalue weighted by atomic mass is 9.97.